The van der Waals surface area contributed by atoms with Gasteiger partial charge in [-0.1, -0.05) is 6.07 Å². The minimum atomic E-state index is -0.545. The largest absolute Gasteiger partial charge is 0.493 e. The number of carbonyl (C=O) groups is 2. The van der Waals surface area contributed by atoms with Crippen molar-refractivity contribution in [1.29, 1.82) is 0 Å². The summed E-state index contributed by atoms with van der Waals surface area (Å²) in [5.41, 5.74) is 1.72. The summed E-state index contributed by atoms with van der Waals surface area (Å²) in [5.74, 6) is 1.07. The Labute approximate surface area is 204 Å². The molecule has 0 radical (unpaired) electrons. The molecule has 2 aromatic rings. The van der Waals surface area contributed by atoms with Crippen LogP contribution in [0.15, 0.2) is 35.1 Å². The summed E-state index contributed by atoms with van der Waals surface area (Å²) in [7, 11) is 6.35. The zero-order chi connectivity index (χ0) is 24.9. The van der Waals surface area contributed by atoms with E-state index in [9.17, 15) is 14.4 Å². The Bertz CT molecular complexity index is 1220. The highest BCUT2D eigenvalue weighted by atomic mass is 16.5. The fourth-order valence-electron chi connectivity index (χ4n) is 6.18. The summed E-state index contributed by atoms with van der Waals surface area (Å²) < 4.78 is 18.5. The normalized spacial score (nSPS) is 25.3. The Morgan fingerprint density at radius 2 is 1.71 bits per heavy atom. The zero-order valence-electron chi connectivity index (χ0n) is 20.5. The van der Waals surface area contributed by atoms with Crippen LogP contribution in [0.5, 0.6) is 17.2 Å². The molecule has 2 bridgehead atoms. The number of fused-ring (bicyclic) bond motifs is 4. The molecule has 3 aliphatic rings. The van der Waals surface area contributed by atoms with E-state index in [1.807, 2.05) is 21.6 Å². The van der Waals surface area contributed by atoms with E-state index in [4.69, 9.17) is 14.2 Å². The third-order valence-electron chi connectivity index (χ3n) is 7.75. The molecule has 4 heterocycles. The molecule has 186 valence electrons. The van der Waals surface area contributed by atoms with Crippen molar-refractivity contribution in [3.05, 3.63) is 51.9 Å². The average molecular weight is 482 g/mol. The van der Waals surface area contributed by atoms with E-state index < -0.39 is 12.0 Å². The smallest absolute Gasteiger partial charge is 0.250 e. The molecule has 0 N–H and O–H groups in total. The number of piperidine rings is 1. The van der Waals surface area contributed by atoms with Crippen molar-refractivity contribution in [2.24, 2.45) is 11.8 Å². The number of carbonyl (C=O) groups excluding carboxylic acids is 2. The van der Waals surface area contributed by atoms with Crippen LogP contribution in [-0.4, -0.2) is 67.6 Å². The zero-order valence-corrected chi connectivity index (χ0v) is 20.5. The maximum Gasteiger partial charge on any atom is 0.250 e. The van der Waals surface area contributed by atoms with Crippen LogP contribution >= 0.6 is 0 Å². The van der Waals surface area contributed by atoms with Crippen LogP contribution < -0.4 is 19.8 Å². The highest BCUT2D eigenvalue weighted by Crippen LogP contribution is 2.48. The molecule has 5 rings (SSSR count). The monoisotopic (exact) mass is 481 g/mol. The summed E-state index contributed by atoms with van der Waals surface area (Å²) >= 11 is 0. The topological polar surface area (TPSA) is 90.3 Å². The molecule has 1 aromatic carbocycles. The number of aromatic nitrogens is 1. The molecule has 2 saturated heterocycles. The minimum absolute atomic E-state index is 0.0144. The molecule has 9 nitrogen and oxygen atoms in total. The van der Waals surface area contributed by atoms with Crippen molar-refractivity contribution in [3.63, 3.8) is 0 Å². The number of likely N-dealkylation sites (tertiary alicyclic amines) is 2. The van der Waals surface area contributed by atoms with Crippen LogP contribution in [0.2, 0.25) is 0 Å². The summed E-state index contributed by atoms with van der Waals surface area (Å²) in [6, 6.07) is 8.50. The van der Waals surface area contributed by atoms with E-state index in [0.717, 1.165) is 12.1 Å². The molecule has 4 atom stereocenters. The van der Waals surface area contributed by atoms with E-state index in [2.05, 4.69) is 0 Å². The Balaban J connectivity index is 1.48. The number of ether oxygens (including phenoxy) is 3. The number of hydrogen-bond donors (Lipinski definition) is 0. The molecule has 3 aliphatic heterocycles. The molecule has 2 amide bonds. The van der Waals surface area contributed by atoms with Crippen molar-refractivity contribution in [3.8, 4) is 17.2 Å². The van der Waals surface area contributed by atoms with Gasteiger partial charge in [-0.05, 0) is 30.5 Å². The van der Waals surface area contributed by atoms with Crippen LogP contribution in [0.25, 0.3) is 0 Å². The first-order chi connectivity index (χ1) is 16.9. The Hall–Kier alpha value is -3.49. The van der Waals surface area contributed by atoms with Crippen LogP contribution in [0.1, 0.15) is 36.1 Å². The molecule has 1 aromatic heterocycles. The van der Waals surface area contributed by atoms with Crippen molar-refractivity contribution < 1.29 is 23.8 Å². The molecule has 0 saturated carbocycles. The van der Waals surface area contributed by atoms with Gasteiger partial charge in [-0.2, -0.15) is 0 Å². The third-order valence-corrected chi connectivity index (χ3v) is 7.75. The van der Waals surface area contributed by atoms with E-state index in [1.54, 1.807) is 44.4 Å². The lowest BCUT2D eigenvalue weighted by Crippen LogP contribution is -2.51. The van der Waals surface area contributed by atoms with E-state index in [1.165, 1.54) is 7.11 Å². The van der Waals surface area contributed by atoms with Gasteiger partial charge in [0, 0.05) is 56.3 Å². The summed E-state index contributed by atoms with van der Waals surface area (Å²) in [6.45, 7) is 1.75. The SMILES string of the molecule is COc1ccc([C@@H]2[C@H](C(=O)N3C[C@H]4C[C@@H](C3)c3cccc(=O)n3C4)CC(=O)N2C)c(OC)c1OC. The van der Waals surface area contributed by atoms with Gasteiger partial charge < -0.3 is 28.6 Å². The number of methoxy groups -OCH3 is 3. The van der Waals surface area contributed by atoms with E-state index in [0.29, 0.717) is 42.4 Å². The quantitative estimate of drug-likeness (QED) is 0.649. The minimum Gasteiger partial charge on any atom is -0.493 e. The van der Waals surface area contributed by atoms with Gasteiger partial charge in [-0.15, -0.1) is 0 Å². The molecular formula is C26H31N3O6. The number of pyridine rings is 1. The maximum atomic E-state index is 13.9. The molecule has 0 aliphatic carbocycles. The highest BCUT2D eigenvalue weighted by Gasteiger charge is 2.47. The first-order valence-corrected chi connectivity index (χ1v) is 11.9. The number of hydrogen-bond acceptors (Lipinski definition) is 6. The molecule has 35 heavy (non-hydrogen) atoms. The van der Waals surface area contributed by atoms with Gasteiger partial charge >= 0.3 is 0 Å². The predicted octanol–water partition coefficient (Wildman–Crippen LogP) is 2.04. The van der Waals surface area contributed by atoms with Gasteiger partial charge in [-0.3, -0.25) is 14.4 Å². The van der Waals surface area contributed by atoms with Gasteiger partial charge in [-0.25, -0.2) is 0 Å². The van der Waals surface area contributed by atoms with Gasteiger partial charge in [0.25, 0.3) is 5.56 Å². The lowest BCUT2D eigenvalue weighted by molar-refractivity contribution is -0.139. The average Bonchev–Trinajstić information content (AvgIpc) is 3.16. The standard InChI is InChI=1S/C26H31N3O6/c1-27-22(31)11-18(23(27)17-8-9-20(33-2)25(35-4)24(17)34-3)26(32)28-12-15-10-16(14-28)19-6-5-7-21(30)29(19)13-15/h5-9,15-16,18,23H,10-14H2,1-4H3/t15-,16+,18-,23-/m1/s1. The second kappa shape index (κ2) is 8.94. The van der Waals surface area contributed by atoms with Crippen molar-refractivity contribution in [2.75, 3.05) is 41.5 Å². The first-order valence-electron chi connectivity index (χ1n) is 11.9. The van der Waals surface area contributed by atoms with E-state index >= 15 is 0 Å². The third kappa shape index (κ3) is 3.73. The molecule has 0 spiro atoms. The van der Waals surface area contributed by atoms with Crippen LogP contribution in [0, 0.1) is 11.8 Å². The summed E-state index contributed by atoms with van der Waals surface area (Å²) in [5, 5.41) is 0. The van der Waals surface area contributed by atoms with Crippen LogP contribution in [-0.2, 0) is 16.1 Å². The Morgan fingerprint density at radius 3 is 2.43 bits per heavy atom. The van der Waals surface area contributed by atoms with Gasteiger partial charge in [0.15, 0.2) is 11.5 Å². The Kier molecular flexibility index (Phi) is 5.94. The van der Waals surface area contributed by atoms with Crippen LogP contribution in [0.3, 0.4) is 0 Å². The van der Waals surface area contributed by atoms with Crippen molar-refractivity contribution in [2.45, 2.75) is 31.3 Å². The van der Waals surface area contributed by atoms with Crippen LogP contribution in [0.4, 0.5) is 0 Å². The lowest BCUT2D eigenvalue weighted by atomic mass is 9.82. The van der Waals surface area contributed by atoms with Gasteiger partial charge in [0.05, 0.1) is 33.3 Å². The fraction of sp³-hybridized carbons (Fsp3) is 0.500. The number of nitrogens with zero attached hydrogens (tertiary/aromatic N) is 3. The molecule has 2 fully saturated rings. The first kappa shape index (κ1) is 23.3. The molecular weight excluding hydrogens is 450 g/mol. The summed E-state index contributed by atoms with van der Waals surface area (Å²) in [6.07, 6.45) is 1.10. The number of amides is 2. The van der Waals surface area contributed by atoms with Gasteiger partial charge in [0.1, 0.15) is 0 Å². The number of benzene rings is 1. The highest BCUT2D eigenvalue weighted by molar-refractivity contribution is 5.90. The second-order valence-electron chi connectivity index (χ2n) is 9.63. The van der Waals surface area contributed by atoms with Crippen molar-refractivity contribution in [1.82, 2.24) is 14.4 Å². The fourth-order valence-corrected chi connectivity index (χ4v) is 6.18. The predicted molar refractivity (Wildman–Crippen MR) is 128 cm³/mol. The molecule has 9 heteroatoms. The maximum absolute atomic E-state index is 13.9. The van der Waals surface area contributed by atoms with E-state index in [-0.39, 0.29) is 35.6 Å². The lowest BCUT2D eigenvalue weighted by Gasteiger charge is -2.44. The van der Waals surface area contributed by atoms with Gasteiger partial charge in [0.2, 0.25) is 17.6 Å². The Morgan fingerprint density at radius 1 is 0.943 bits per heavy atom. The van der Waals surface area contributed by atoms with Crippen molar-refractivity contribution >= 4 is 11.8 Å². The second-order valence-corrected chi connectivity index (χ2v) is 9.63. The molecule has 0 unspecified atom stereocenters. The number of rotatable bonds is 5. The summed E-state index contributed by atoms with van der Waals surface area (Å²) in [4.78, 5) is 42.7.